The van der Waals surface area contributed by atoms with Gasteiger partial charge in [-0.15, -0.1) is 0 Å². The predicted molar refractivity (Wildman–Crippen MR) is 93.5 cm³/mol. The van der Waals surface area contributed by atoms with Crippen LogP contribution in [-0.2, 0) is 0 Å². The van der Waals surface area contributed by atoms with Crippen LogP contribution in [0.3, 0.4) is 0 Å². The third-order valence-corrected chi connectivity index (χ3v) is 1.89. The van der Waals surface area contributed by atoms with Crippen LogP contribution in [0.15, 0.2) is 72.9 Å². The van der Waals surface area contributed by atoms with Crippen molar-refractivity contribution >= 4 is 0 Å². The van der Waals surface area contributed by atoms with Crippen LogP contribution in [0, 0.1) is 0 Å². The van der Waals surface area contributed by atoms with Crippen molar-refractivity contribution in [1.82, 2.24) is 0 Å². The predicted octanol–water partition coefficient (Wildman–Crippen LogP) is 6.81. The Bertz CT molecular complexity index is 309. The molecule has 0 aromatic carbocycles. The quantitative estimate of drug-likeness (QED) is 0.460. The second-order valence-corrected chi connectivity index (χ2v) is 3.13. The molecule has 0 N–H and O–H groups in total. The molecule has 0 fully saturated rings. The molecule has 19 heavy (non-hydrogen) atoms. The second-order valence-electron chi connectivity index (χ2n) is 3.13. The van der Waals surface area contributed by atoms with Gasteiger partial charge in [0, 0.05) is 0 Å². The van der Waals surface area contributed by atoms with Gasteiger partial charge >= 0.3 is 0 Å². The number of hydrogen-bond donors (Lipinski definition) is 0. The number of allylic oxidation sites excluding steroid dienone is 10. The summed E-state index contributed by atoms with van der Waals surface area (Å²) in [5, 5.41) is 0. The van der Waals surface area contributed by atoms with Crippen molar-refractivity contribution in [3.8, 4) is 0 Å². The van der Waals surface area contributed by atoms with Gasteiger partial charge in [0.1, 0.15) is 0 Å². The largest absolute Gasteiger partial charge is 0.0991 e. The summed E-state index contributed by atoms with van der Waals surface area (Å²) in [7, 11) is 0. The Labute approximate surface area is 121 Å². The van der Waals surface area contributed by atoms with Gasteiger partial charge in [-0.3, -0.25) is 0 Å². The summed E-state index contributed by atoms with van der Waals surface area (Å²) in [6.45, 7) is 19.5. The Morgan fingerprint density at radius 3 is 1.79 bits per heavy atom. The van der Waals surface area contributed by atoms with E-state index in [1.54, 1.807) is 0 Å². The van der Waals surface area contributed by atoms with E-state index in [0.29, 0.717) is 0 Å². The summed E-state index contributed by atoms with van der Waals surface area (Å²) in [5.41, 5.74) is 2.45. The van der Waals surface area contributed by atoms with E-state index in [1.165, 1.54) is 11.1 Å². The Morgan fingerprint density at radius 2 is 1.42 bits per heavy atom. The first kappa shape index (κ1) is 22.6. The zero-order chi connectivity index (χ0) is 15.5. The molecule has 0 spiro atoms. The molecule has 0 aliphatic carbocycles. The molecule has 0 nitrogen and oxygen atoms in total. The summed E-state index contributed by atoms with van der Waals surface area (Å²) in [5.74, 6) is 0. The molecule has 0 atom stereocenters. The van der Waals surface area contributed by atoms with Crippen LogP contribution in [0.2, 0.25) is 0 Å². The van der Waals surface area contributed by atoms with Crippen molar-refractivity contribution in [2.24, 2.45) is 0 Å². The third kappa shape index (κ3) is 16.4. The first-order chi connectivity index (χ1) is 9.28. The zero-order valence-corrected chi connectivity index (χ0v) is 13.7. The molecule has 0 radical (unpaired) electrons. The summed E-state index contributed by atoms with van der Waals surface area (Å²) < 4.78 is 0. The van der Waals surface area contributed by atoms with E-state index in [0.717, 1.165) is 6.42 Å². The monoisotopic (exact) mass is 260 g/mol. The van der Waals surface area contributed by atoms with E-state index in [-0.39, 0.29) is 0 Å². The molecule has 0 aromatic rings. The molecular formula is C19H32. The van der Waals surface area contributed by atoms with Crippen LogP contribution in [0.5, 0.6) is 0 Å². The van der Waals surface area contributed by atoms with Crippen LogP contribution in [0.1, 0.15) is 48.0 Å². The standard InChI is InChI=1S/C15H20.2C2H6/c1-5-9-12-14(8-4)13-15(10-6-2)11-7-3;2*1-2/h5-12H,2,4,13H2,1,3H3;2*1-2H3/b9-5-,11-7-,14-12+,15-10+;;. The van der Waals surface area contributed by atoms with Crippen molar-refractivity contribution in [1.29, 1.82) is 0 Å². The Morgan fingerprint density at radius 1 is 0.842 bits per heavy atom. The molecule has 0 bridgehead atoms. The van der Waals surface area contributed by atoms with Crippen molar-refractivity contribution in [2.75, 3.05) is 0 Å². The van der Waals surface area contributed by atoms with Gasteiger partial charge in [-0.1, -0.05) is 89.5 Å². The van der Waals surface area contributed by atoms with E-state index < -0.39 is 0 Å². The lowest BCUT2D eigenvalue weighted by molar-refractivity contribution is 1.21. The molecule has 0 aliphatic heterocycles. The van der Waals surface area contributed by atoms with E-state index in [4.69, 9.17) is 0 Å². The fourth-order valence-electron chi connectivity index (χ4n) is 1.19. The van der Waals surface area contributed by atoms with Crippen molar-refractivity contribution in [2.45, 2.75) is 48.0 Å². The molecule has 108 valence electrons. The van der Waals surface area contributed by atoms with E-state index in [2.05, 4.69) is 25.3 Å². The van der Waals surface area contributed by atoms with Crippen LogP contribution in [0.25, 0.3) is 0 Å². The van der Waals surface area contributed by atoms with Crippen LogP contribution >= 0.6 is 0 Å². The van der Waals surface area contributed by atoms with E-state index >= 15 is 0 Å². The van der Waals surface area contributed by atoms with Crippen molar-refractivity contribution in [3.63, 3.8) is 0 Å². The van der Waals surface area contributed by atoms with Gasteiger partial charge in [0.2, 0.25) is 0 Å². The van der Waals surface area contributed by atoms with Gasteiger partial charge in [-0.25, -0.2) is 0 Å². The van der Waals surface area contributed by atoms with E-state index in [1.807, 2.05) is 78.0 Å². The lowest BCUT2D eigenvalue weighted by Gasteiger charge is -2.02. The molecule has 0 saturated heterocycles. The zero-order valence-electron chi connectivity index (χ0n) is 13.7. The highest BCUT2D eigenvalue weighted by Crippen LogP contribution is 2.13. The number of hydrogen-bond acceptors (Lipinski definition) is 0. The van der Waals surface area contributed by atoms with Gasteiger partial charge in [-0.2, -0.15) is 0 Å². The fourth-order valence-corrected chi connectivity index (χ4v) is 1.19. The minimum atomic E-state index is 0.893. The molecule has 0 amide bonds. The molecule has 0 unspecified atom stereocenters. The molecule has 0 aromatic heterocycles. The van der Waals surface area contributed by atoms with Crippen molar-refractivity contribution < 1.29 is 0 Å². The first-order valence-electron chi connectivity index (χ1n) is 7.17. The number of rotatable bonds is 6. The highest BCUT2D eigenvalue weighted by atomic mass is 14.0. The lowest BCUT2D eigenvalue weighted by Crippen LogP contribution is -1.82. The minimum absolute atomic E-state index is 0.893. The Balaban J connectivity index is -0.000000579. The maximum atomic E-state index is 3.81. The maximum absolute atomic E-state index is 3.81. The third-order valence-electron chi connectivity index (χ3n) is 1.89. The lowest BCUT2D eigenvalue weighted by atomic mass is 10.0. The highest BCUT2D eigenvalue weighted by molar-refractivity contribution is 5.33. The van der Waals surface area contributed by atoms with Crippen LogP contribution in [0.4, 0.5) is 0 Å². The summed E-state index contributed by atoms with van der Waals surface area (Å²) in [6, 6.07) is 0. The summed E-state index contributed by atoms with van der Waals surface area (Å²) >= 11 is 0. The molecule has 0 heterocycles. The van der Waals surface area contributed by atoms with Gasteiger partial charge in [-0.05, 0) is 31.4 Å². The first-order valence-corrected chi connectivity index (χ1v) is 7.17. The highest BCUT2D eigenvalue weighted by Gasteiger charge is 1.94. The molecule has 0 saturated carbocycles. The second kappa shape index (κ2) is 21.7. The summed E-state index contributed by atoms with van der Waals surface area (Å²) in [4.78, 5) is 0. The molecule has 0 heteroatoms. The SMILES string of the molecule is C=C/C=C(\C=C/C)C/C(C=C)=C/C=C\C.CC.CC. The van der Waals surface area contributed by atoms with Gasteiger partial charge in [0.05, 0.1) is 0 Å². The van der Waals surface area contributed by atoms with Crippen LogP contribution in [-0.4, -0.2) is 0 Å². The van der Waals surface area contributed by atoms with Gasteiger partial charge < -0.3 is 0 Å². The smallest absolute Gasteiger partial charge is 0.00261 e. The molecule has 0 rings (SSSR count). The topological polar surface area (TPSA) is 0 Å². The average molecular weight is 260 g/mol. The normalized spacial score (nSPS) is 11.5. The van der Waals surface area contributed by atoms with Gasteiger partial charge in [0.25, 0.3) is 0 Å². The van der Waals surface area contributed by atoms with E-state index in [9.17, 15) is 0 Å². The van der Waals surface area contributed by atoms with Crippen molar-refractivity contribution in [3.05, 3.63) is 72.9 Å². The Hall–Kier alpha value is -1.56. The minimum Gasteiger partial charge on any atom is -0.0991 e. The van der Waals surface area contributed by atoms with Crippen LogP contribution < -0.4 is 0 Å². The molecule has 0 aliphatic rings. The summed E-state index contributed by atoms with van der Waals surface area (Å²) in [6.07, 6.45) is 16.9. The maximum Gasteiger partial charge on any atom is -0.00261 e. The van der Waals surface area contributed by atoms with Gasteiger partial charge in [0.15, 0.2) is 0 Å². The average Bonchev–Trinajstić information content (AvgIpc) is 2.48. The fraction of sp³-hybridized carbons (Fsp3) is 0.368. The Kier molecular flexibility index (Phi) is 25.8. The molecular weight excluding hydrogens is 228 g/mol.